The molecule has 9 heteroatoms. The highest BCUT2D eigenvalue weighted by molar-refractivity contribution is 6.07. The summed E-state index contributed by atoms with van der Waals surface area (Å²) < 4.78 is 11.0. The third-order valence-electron chi connectivity index (χ3n) is 5.53. The number of nitrogens with one attached hydrogen (secondary N) is 3. The number of hydrazine groups is 1. The molecule has 0 saturated heterocycles. The lowest BCUT2D eigenvalue weighted by atomic mass is 9.93. The first-order valence-electron chi connectivity index (χ1n) is 10.6. The van der Waals surface area contributed by atoms with Gasteiger partial charge in [0, 0.05) is 23.1 Å². The van der Waals surface area contributed by atoms with Crippen LogP contribution in [0.2, 0.25) is 0 Å². The molecule has 1 aliphatic rings. The van der Waals surface area contributed by atoms with Gasteiger partial charge in [-0.1, -0.05) is 17.7 Å². The van der Waals surface area contributed by atoms with E-state index in [0.717, 1.165) is 12.0 Å². The van der Waals surface area contributed by atoms with Crippen LogP contribution < -0.4 is 16.3 Å². The molecule has 0 radical (unpaired) electrons. The van der Waals surface area contributed by atoms with Crippen molar-refractivity contribution in [3.63, 3.8) is 0 Å². The number of hydrogen-bond acceptors (Lipinski definition) is 6. The number of amides is 3. The van der Waals surface area contributed by atoms with Crippen molar-refractivity contribution >= 4 is 23.4 Å². The zero-order chi connectivity index (χ0) is 23.5. The van der Waals surface area contributed by atoms with Crippen molar-refractivity contribution in [2.24, 2.45) is 5.10 Å². The predicted molar refractivity (Wildman–Crippen MR) is 120 cm³/mol. The van der Waals surface area contributed by atoms with E-state index in [4.69, 9.17) is 8.83 Å². The molecule has 170 valence electrons. The van der Waals surface area contributed by atoms with Crippen LogP contribution in [0.4, 0.5) is 0 Å². The molecule has 9 nitrogen and oxygen atoms in total. The molecular weight excluding hydrogens is 424 g/mol. The molecule has 2 heterocycles. The number of benzene rings is 1. The van der Waals surface area contributed by atoms with Crippen LogP contribution in [-0.2, 0) is 6.42 Å². The van der Waals surface area contributed by atoms with Crippen LogP contribution in [0.15, 0.2) is 50.5 Å². The number of aryl methyl sites for hydroxylation is 3. The van der Waals surface area contributed by atoms with E-state index in [2.05, 4.69) is 21.4 Å². The number of nitrogens with zero attached hydrogens (tertiary/aromatic N) is 1. The first-order chi connectivity index (χ1) is 15.8. The van der Waals surface area contributed by atoms with Gasteiger partial charge in [0.2, 0.25) is 0 Å². The summed E-state index contributed by atoms with van der Waals surface area (Å²) in [5.41, 5.74) is 11.2. The molecule has 0 bridgehead atoms. The van der Waals surface area contributed by atoms with E-state index in [9.17, 15) is 14.4 Å². The Morgan fingerprint density at radius 3 is 2.33 bits per heavy atom. The molecule has 1 aliphatic carbocycles. The van der Waals surface area contributed by atoms with Crippen LogP contribution in [-0.4, -0.2) is 23.4 Å². The largest absolute Gasteiger partial charge is 0.469 e. The maximum absolute atomic E-state index is 12.7. The number of hydrazone groups is 1. The lowest BCUT2D eigenvalue weighted by Crippen LogP contribution is -2.41. The van der Waals surface area contributed by atoms with E-state index in [1.807, 2.05) is 19.1 Å². The highest BCUT2D eigenvalue weighted by atomic mass is 16.4. The van der Waals surface area contributed by atoms with Crippen LogP contribution in [0.3, 0.4) is 0 Å². The first-order valence-corrected chi connectivity index (χ1v) is 10.6. The van der Waals surface area contributed by atoms with E-state index in [-0.39, 0.29) is 11.7 Å². The summed E-state index contributed by atoms with van der Waals surface area (Å²) >= 11 is 0. The van der Waals surface area contributed by atoms with Crippen LogP contribution >= 0.6 is 0 Å². The molecule has 0 unspecified atom stereocenters. The van der Waals surface area contributed by atoms with E-state index in [1.54, 1.807) is 32.0 Å². The predicted octanol–water partition coefficient (Wildman–Crippen LogP) is 3.34. The number of furan rings is 2. The normalized spacial score (nSPS) is 14.0. The van der Waals surface area contributed by atoms with Crippen LogP contribution in [0, 0.1) is 20.8 Å². The molecule has 33 heavy (non-hydrogen) atoms. The average Bonchev–Trinajstić information content (AvgIpc) is 3.39. The third kappa shape index (κ3) is 4.57. The van der Waals surface area contributed by atoms with Gasteiger partial charge in [0.1, 0.15) is 11.5 Å². The maximum atomic E-state index is 12.7. The van der Waals surface area contributed by atoms with Crippen molar-refractivity contribution in [1.82, 2.24) is 16.3 Å². The maximum Gasteiger partial charge on any atom is 0.305 e. The van der Waals surface area contributed by atoms with E-state index in [0.29, 0.717) is 52.3 Å². The van der Waals surface area contributed by atoms with Gasteiger partial charge < -0.3 is 8.83 Å². The minimum absolute atomic E-state index is 0.0933. The third-order valence-corrected chi connectivity index (χ3v) is 5.53. The number of hydrogen-bond donors (Lipinski definition) is 3. The fourth-order valence-electron chi connectivity index (χ4n) is 3.74. The molecule has 0 spiro atoms. The highest BCUT2D eigenvalue weighted by Crippen LogP contribution is 2.29. The Balaban J connectivity index is 1.48. The lowest BCUT2D eigenvalue weighted by Gasteiger charge is -2.13. The fraction of sp³-hybridized carbons (Fsp3) is 0.250. The summed E-state index contributed by atoms with van der Waals surface area (Å²) in [6.07, 6.45) is 3.49. The summed E-state index contributed by atoms with van der Waals surface area (Å²) in [6, 6.07) is 8.56. The summed E-state index contributed by atoms with van der Waals surface area (Å²) in [4.78, 5) is 37.3. The van der Waals surface area contributed by atoms with Crippen LogP contribution in [0.5, 0.6) is 0 Å². The molecule has 3 amide bonds. The second-order valence-corrected chi connectivity index (χ2v) is 7.87. The van der Waals surface area contributed by atoms with Gasteiger partial charge in [-0.15, -0.1) is 0 Å². The zero-order valence-corrected chi connectivity index (χ0v) is 18.6. The summed E-state index contributed by atoms with van der Waals surface area (Å²) in [5.74, 6) is -0.157. The standard InChI is InChI=1S/C24H24N4O5/c1-13-7-9-16(10-8-13)22(29)26-28-24(31)21-14(2)20-18(5-4-6-19(20)33-21)25-27-23(30)17-11-12-32-15(17)3/h7-12H,4-6H2,1-3H3,(H,26,29)(H,27,30)(H,28,31)/b25-18+. The van der Waals surface area contributed by atoms with Gasteiger partial charge >= 0.3 is 5.91 Å². The van der Waals surface area contributed by atoms with Crippen molar-refractivity contribution in [3.05, 3.63) is 81.7 Å². The molecule has 3 aromatic rings. The first kappa shape index (κ1) is 22.1. The lowest BCUT2D eigenvalue weighted by molar-refractivity contribution is 0.0829. The molecule has 0 fully saturated rings. The van der Waals surface area contributed by atoms with Crippen molar-refractivity contribution in [1.29, 1.82) is 0 Å². The molecule has 3 N–H and O–H groups in total. The van der Waals surface area contributed by atoms with Crippen molar-refractivity contribution in [2.75, 3.05) is 0 Å². The van der Waals surface area contributed by atoms with E-state index < -0.39 is 11.8 Å². The van der Waals surface area contributed by atoms with Gasteiger partial charge in [-0.2, -0.15) is 5.10 Å². The number of rotatable bonds is 4. The molecule has 2 aromatic heterocycles. The van der Waals surface area contributed by atoms with E-state index >= 15 is 0 Å². The Morgan fingerprint density at radius 2 is 1.64 bits per heavy atom. The average molecular weight is 448 g/mol. The molecule has 4 rings (SSSR count). The topological polar surface area (TPSA) is 126 Å². The Labute approximate surface area is 190 Å². The smallest absolute Gasteiger partial charge is 0.305 e. The van der Waals surface area contributed by atoms with Gasteiger partial charge in [-0.05, 0) is 51.8 Å². The fourth-order valence-corrected chi connectivity index (χ4v) is 3.74. The Kier molecular flexibility index (Phi) is 6.12. The number of carbonyl (C=O) groups excluding carboxylic acids is 3. The Bertz CT molecular complexity index is 1250. The Morgan fingerprint density at radius 1 is 0.909 bits per heavy atom. The van der Waals surface area contributed by atoms with Gasteiger partial charge in [-0.25, -0.2) is 5.43 Å². The molecule has 0 atom stereocenters. The summed E-state index contributed by atoms with van der Waals surface area (Å²) in [6.45, 7) is 5.37. The highest BCUT2D eigenvalue weighted by Gasteiger charge is 2.28. The van der Waals surface area contributed by atoms with E-state index in [1.165, 1.54) is 6.26 Å². The number of carbonyl (C=O) groups is 3. The molecule has 0 aliphatic heterocycles. The van der Waals surface area contributed by atoms with Crippen LogP contribution in [0.25, 0.3) is 0 Å². The van der Waals surface area contributed by atoms with Gasteiger partial charge in [0.05, 0.1) is 17.5 Å². The molecule has 0 saturated carbocycles. The van der Waals surface area contributed by atoms with Crippen molar-refractivity contribution in [3.8, 4) is 0 Å². The van der Waals surface area contributed by atoms with Crippen molar-refractivity contribution < 1.29 is 23.2 Å². The number of fused-ring (bicyclic) bond motifs is 1. The zero-order valence-electron chi connectivity index (χ0n) is 18.6. The van der Waals surface area contributed by atoms with Crippen molar-refractivity contribution in [2.45, 2.75) is 40.0 Å². The Hall–Kier alpha value is -4.14. The quantitative estimate of drug-likeness (QED) is 0.528. The second kappa shape index (κ2) is 9.15. The summed E-state index contributed by atoms with van der Waals surface area (Å²) in [7, 11) is 0. The minimum Gasteiger partial charge on any atom is -0.469 e. The molecular formula is C24H24N4O5. The molecule has 1 aromatic carbocycles. The van der Waals surface area contributed by atoms with Gasteiger partial charge in [0.25, 0.3) is 11.8 Å². The second-order valence-electron chi connectivity index (χ2n) is 7.87. The summed E-state index contributed by atoms with van der Waals surface area (Å²) in [5, 5.41) is 4.29. The monoisotopic (exact) mass is 448 g/mol. The minimum atomic E-state index is -0.570. The SMILES string of the molecule is Cc1ccc(C(=O)NNC(=O)c2oc3c(c2C)/C(=N/NC(=O)c2ccoc2C)CCC3)cc1. The van der Waals surface area contributed by atoms with Crippen LogP contribution in [0.1, 0.15) is 72.3 Å². The van der Waals surface area contributed by atoms with Gasteiger partial charge in [0.15, 0.2) is 5.76 Å². The van der Waals surface area contributed by atoms with Gasteiger partial charge in [-0.3, -0.25) is 25.2 Å².